The number of nitrogens with one attached hydrogen (secondary N) is 1. The Hall–Kier alpha value is -1.91. The van der Waals surface area contributed by atoms with Crippen LogP contribution in [-0.2, 0) is 0 Å². The predicted molar refractivity (Wildman–Crippen MR) is 138 cm³/mol. The zero-order chi connectivity index (χ0) is 24.0. The molecule has 9 heteroatoms. The van der Waals surface area contributed by atoms with Gasteiger partial charge in [0.25, 0.3) is 0 Å². The molecule has 2 aromatic carbocycles. The number of amides is 2. The largest absolute Gasteiger partial charge is 0.497 e. The summed E-state index contributed by atoms with van der Waals surface area (Å²) < 4.78 is 6.19. The molecule has 33 heavy (non-hydrogen) atoms. The third-order valence-corrected chi connectivity index (χ3v) is 7.96. The van der Waals surface area contributed by atoms with Crippen molar-refractivity contribution in [2.75, 3.05) is 39.1 Å². The van der Waals surface area contributed by atoms with Gasteiger partial charge in [0, 0.05) is 51.8 Å². The second-order valence-electron chi connectivity index (χ2n) is 8.64. The van der Waals surface area contributed by atoms with Crippen molar-refractivity contribution in [1.29, 1.82) is 0 Å². The molecule has 3 rings (SSSR count). The van der Waals surface area contributed by atoms with E-state index in [-0.39, 0.29) is 22.1 Å². The SMILES string of the molecule is COc1ccc(NC(=O)N(C)C[C@@H](O)[C@@H](O)CN2C[C@@H](c3ccc(Br)cc3)C2C[SiH2]C)cc1. The molecule has 3 N–H and O–H groups in total. The van der Waals surface area contributed by atoms with E-state index in [1.807, 2.05) is 0 Å². The minimum atomic E-state index is -1.03. The van der Waals surface area contributed by atoms with E-state index in [2.05, 4.69) is 57.0 Å². The maximum atomic E-state index is 12.5. The molecule has 2 amide bonds. The summed E-state index contributed by atoms with van der Waals surface area (Å²) in [5, 5.41) is 24.0. The molecular weight excluding hydrogens is 502 g/mol. The maximum absolute atomic E-state index is 12.5. The Morgan fingerprint density at radius 2 is 1.88 bits per heavy atom. The molecule has 180 valence electrons. The van der Waals surface area contributed by atoms with Crippen LogP contribution < -0.4 is 10.1 Å². The van der Waals surface area contributed by atoms with E-state index in [0.717, 1.165) is 11.0 Å². The van der Waals surface area contributed by atoms with E-state index < -0.39 is 12.2 Å². The highest BCUT2D eigenvalue weighted by Gasteiger charge is 2.40. The molecule has 4 atom stereocenters. The molecule has 2 aromatic rings. The summed E-state index contributed by atoms with van der Waals surface area (Å²) in [5.74, 6) is 1.17. The number of carbonyl (C=O) groups is 1. The number of nitrogens with zero attached hydrogens (tertiary/aromatic N) is 2. The number of halogens is 1. The first-order valence-electron chi connectivity index (χ1n) is 11.3. The number of hydrogen-bond donors (Lipinski definition) is 3. The Kier molecular flexibility index (Phi) is 9.34. The summed E-state index contributed by atoms with van der Waals surface area (Å²) >= 11 is 3.49. The van der Waals surface area contributed by atoms with E-state index in [4.69, 9.17) is 4.74 Å². The van der Waals surface area contributed by atoms with Crippen LogP contribution in [-0.4, -0.2) is 87.6 Å². The molecule has 7 nitrogen and oxygen atoms in total. The van der Waals surface area contributed by atoms with Gasteiger partial charge in [-0.3, -0.25) is 4.90 Å². The number of aliphatic hydroxyl groups excluding tert-OH is 2. The number of ether oxygens (including phenoxy) is 1. The Labute approximate surface area is 206 Å². The monoisotopic (exact) mass is 535 g/mol. The number of urea groups is 1. The lowest BCUT2D eigenvalue weighted by Crippen LogP contribution is -2.58. The quantitative estimate of drug-likeness (QED) is 0.407. The summed E-state index contributed by atoms with van der Waals surface area (Å²) in [5.41, 5.74) is 1.96. The number of likely N-dealkylation sites (N-methyl/N-ethyl adjacent to an activating group) is 1. The van der Waals surface area contributed by atoms with Crippen molar-refractivity contribution in [1.82, 2.24) is 9.80 Å². The third kappa shape index (κ3) is 6.80. The summed E-state index contributed by atoms with van der Waals surface area (Å²) in [6.45, 7) is 3.62. The summed E-state index contributed by atoms with van der Waals surface area (Å²) in [4.78, 5) is 16.1. The van der Waals surface area contributed by atoms with Crippen molar-refractivity contribution in [2.45, 2.75) is 36.8 Å². The first kappa shape index (κ1) is 25.7. The molecule has 1 heterocycles. The van der Waals surface area contributed by atoms with Crippen LogP contribution >= 0.6 is 15.9 Å². The van der Waals surface area contributed by atoms with Crippen LogP contribution in [0.2, 0.25) is 12.6 Å². The van der Waals surface area contributed by atoms with E-state index in [1.165, 1.54) is 16.5 Å². The number of methoxy groups -OCH3 is 1. The molecule has 0 radical (unpaired) electrons. The summed E-state index contributed by atoms with van der Waals surface area (Å²) in [7, 11) is 3.04. The summed E-state index contributed by atoms with van der Waals surface area (Å²) in [6, 6.07) is 16.7. The predicted octanol–water partition coefficient (Wildman–Crippen LogP) is 2.75. The van der Waals surface area contributed by atoms with Gasteiger partial charge in [-0.1, -0.05) is 34.6 Å². The standard InChI is InChI=1S/C24H34BrN3O4Si/c1-27(24(31)26-18-8-10-19(32-2)11-9-18)13-22(29)23(30)14-28-12-20(21(28)15-33-3)16-4-6-17(25)7-5-16/h4-11,20-23,29-30H,12-15,33H2,1-3H3,(H,26,31)/t20-,21?,22+,23-/m0/s1. The van der Waals surface area contributed by atoms with Crippen LogP contribution in [0.5, 0.6) is 5.75 Å². The lowest BCUT2D eigenvalue weighted by molar-refractivity contribution is -0.0414. The zero-order valence-electron chi connectivity index (χ0n) is 19.4. The molecule has 0 aliphatic carbocycles. The second kappa shape index (κ2) is 12.0. The van der Waals surface area contributed by atoms with Gasteiger partial charge in [-0.15, -0.1) is 0 Å². The van der Waals surface area contributed by atoms with Crippen molar-refractivity contribution in [2.24, 2.45) is 0 Å². The van der Waals surface area contributed by atoms with Gasteiger partial charge >= 0.3 is 6.03 Å². The molecule has 1 unspecified atom stereocenters. The number of likely N-dealkylation sites (tertiary alicyclic amines) is 1. The molecule has 1 aliphatic heterocycles. The van der Waals surface area contributed by atoms with Crippen molar-refractivity contribution in [3.63, 3.8) is 0 Å². The van der Waals surface area contributed by atoms with Gasteiger partial charge in [-0.05, 0) is 48.0 Å². The van der Waals surface area contributed by atoms with Gasteiger partial charge in [0.1, 0.15) is 5.75 Å². The van der Waals surface area contributed by atoms with Crippen LogP contribution in [0, 0.1) is 0 Å². The topological polar surface area (TPSA) is 85.3 Å². The van der Waals surface area contributed by atoms with Gasteiger partial charge < -0.3 is 25.2 Å². The highest BCUT2D eigenvalue weighted by molar-refractivity contribution is 9.10. The molecule has 0 aromatic heterocycles. The van der Waals surface area contributed by atoms with Crippen molar-refractivity contribution in [3.8, 4) is 5.75 Å². The average Bonchev–Trinajstić information content (AvgIpc) is 2.81. The number of aliphatic hydroxyl groups is 2. The minimum absolute atomic E-state index is 0.0420. The van der Waals surface area contributed by atoms with Gasteiger partial charge in [-0.2, -0.15) is 0 Å². The van der Waals surface area contributed by atoms with Crippen LogP contribution in [0.3, 0.4) is 0 Å². The first-order chi connectivity index (χ1) is 15.8. The lowest BCUT2D eigenvalue weighted by atomic mass is 9.83. The molecule has 0 bridgehead atoms. The fraction of sp³-hybridized carbons (Fsp3) is 0.458. The highest BCUT2D eigenvalue weighted by atomic mass is 79.9. The Morgan fingerprint density at radius 3 is 2.48 bits per heavy atom. The molecule has 0 saturated carbocycles. The van der Waals surface area contributed by atoms with Crippen molar-refractivity contribution in [3.05, 3.63) is 58.6 Å². The smallest absolute Gasteiger partial charge is 0.321 e. The number of hydrogen-bond acceptors (Lipinski definition) is 5. The molecule has 1 saturated heterocycles. The van der Waals surface area contributed by atoms with Gasteiger partial charge in [0.05, 0.1) is 25.9 Å². The number of anilines is 1. The Balaban J connectivity index is 1.49. The Bertz CT molecular complexity index is 900. The van der Waals surface area contributed by atoms with Crippen LogP contribution in [0.25, 0.3) is 0 Å². The number of β-amino-alcohol motifs (C(OH)–C–C–N with tert-alkyl or cyclic N) is 1. The molecule has 1 aliphatic rings. The normalized spacial score (nSPS) is 20.3. The third-order valence-electron chi connectivity index (χ3n) is 6.26. The molecule has 1 fully saturated rings. The van der Waals surface area contributed by atoms with E-state index >= 15 is 0 Å². The summed E-state index contributed by atoms with van der Waals surface area (Å²) in [6.07, 6.45) is -1.95. The van der Waals surface area contributed by atoms with E-state index in [0.29, 0.717) is 29.9 Å². The van der Waals surface area contributed by atoms with Crippen LogP contribution in [0.1, 0.15) is 11.5 Å². The van der Waals surface area contributed by atoms with Crippen molar-refractivity contribution >= 4 is 37.2 Å². The molecular formula is C24H34BrN3O4Si. The average molecular weight is 537 g/mol. The van der Waals surface area contributed by atoms with Crippen LogP contribution in [0.4, 0.5) is 10.5 Å². The second-order valence-corrected chi connectivity index (χ2v) is 11.1. The number of carbonyl (C=O) groups excluding carboxylic acids is 1. The number of benzene rings is 2. The molecule has 0 spiro atoms. The van der Waals surface area contributed by atoms with E-state index in [9.17, 15) is 15.0 Å². The van der Waals surface area contributed by atoms with Gasteiger partial charge in [-0.25, -0.2) is 4.79 Å². The highest BCUT2D eigenvalue weighted by Crippen LogP contribution is 2.37. The van der Waals surface area contributed by atoms with Gasteiger partial charge in [0.15, 0.2) is 0 Å². The number of rotatable bonds is 10. The Morgan fingerprint density at radius 1 is 1.21 bits per heavy atom. The minimum Gasteiger partial charge on any atom is -0.497 e. The van der Waals surface area contributed by atoms with Crippen LogP contribution in [0.15, 0.2) is 53.0 Å². The fourth-order valence-corrected chi connectivity index (χ4v) is 5.92. The zero-order valence-corrected chi connectivity index (χ0v) is 22.4. The lowest BCUT2D eigenvalue weighted by Gasteiger charge is -2.50. The first-order valence-corrected chi connectivity index (χ1v) is 14.5. The van der Waals surface area contributed by atoms with E-state index in [1.54, 1.807) is 38.4 Å². The van der Waals surface area contributed by atoms with Crippen molar-refractivity contribution < 1.29 is 19.7 Å². The van der Waals surface area contributed by atoms with Gasteiger partial charge in [0.2, 0.25) is 0 Å². The fourth-order valence-electron chi connectivity index (χ4n) is 4.29. The maximum Gasteiger partial charge on any atom is 0.321 e.